The molecule has 0 bridgehead atoms. The van der Waals surface area contributed by atoms with Crippen LogP contribution in [0, 0.1) is 13.8 Å². The summed E-state index contributed by atoms with van der Waals surface area (Å²) in [7, 11) is 0. The number of pyridine rings is 1. The molecule has 0 saturated carbocycles. The molecule has 30 heavy (non-hydrogen) atoms. The fourth-order valence-electron chi connectivity index (χ4n) is 3.35. The van der Waals surface area contributed by atoms with Gasteiger partial charge in [-0.1, -0.05) is 44.5 Å². The number of rotatable bonds is 9. The smallest absolute Gasteiger partial charge is 0.126 e. The molecule has 0 aliphatic carbocycles. The summed E-state index contributed by atoms with van der Waals surface area (Å²) in [6.45, 7) is 9.05. The fourth-order valence-corrected chi connectivity index (χ4v) is 3.35. The van der Waals surface area contributed by atoms with Gasteiger partial charge in [0.1, 0.15) is 12.4 Å². The van der Waals surface area contributed by atoms with E-state index in [1.54, 1.807) is 0 Å². The zero-order valence-electron chi connectivity index (χ0n) is 18.6. The lowest BCUT2D eigenvalue weighted by Gasteiger charge is -2.11. The van der Waals surface area contributed by atoms with E-state index in [4.69, 9.17) is 9.73 Å². The molecular formula is C27H32N2O. The van der Waals surface area contributed by atoms with Crippen LogP contribution in [0.25, 0.3) is 11.1 Å². The molecule has 3 heteroatoms. The summed E-state index contributed by atoms with van der Waals surface area (Å²) in [6, 6.07) is 18.9. The summed E-state index contributed by atoms with van der Waals surface area (Å²) in [5, 5.41) is 0. The highest BCUT2D eigenvalue weighted by Gasteiger charge is 2.06. The standard InChI is InChI=1S/C27H32N2O/c1-5-7-10-25(19-30-26-11-8-9-20(3)16-26)29-27-15-13-22(17-21(27)4)23-12-14-24(6-2)28-18-23/h8-9,11-18H,5-7,10,19H2,1-4H3/b29-25+. The maximum atomic E-state index is 6.03. The lowest BCUT2D eigenvalue weighted by atomic mass is 10.0. The van der Waals surface area contributed by atoms with Crippen LogP contribution >= 0.6 is 0 Å². The van der Waals surface area contributed by atoms with E-state index in [-0.39, 0.29) is 0 Å². The van der Waals surface area contributed by atoms with E-state index in [1.807, 2.05) is 18.3 Å². The quantitative estimate of drug-likeness (QED) is 0.354. The Morgan fingerprint density at radius 2 is 1.80 bits per heavy atom. The van der Waals surface area contributed by atoms with Crippen LogP contribution in [0.5, 0.6) is 5.75 Å². The van der Waals surface area contributed by atoms with Crippen molar-refractivity contribution in [3.8, 4) is 16.9 Å². The molecule has 0 aliphatic heterocycles. The second-order valence-corrected chi connectivity index (χ2v) is 7.78. The molecule has 0 saturated heterocycles. The number of ether oxygens (including phenoxy) is 1. The number of benzene rings is 2. The molecule has 0 spiro atoms. The topological polar surface area (TPSA) is 34.5 Å². The van der Waals surface area contributed by atoms with Crippen molar-refractivity contribution in [1.82, 2.24) is 4.98 Å². The Morgan fingerprint density at radius 1 is 0.967 bits per heavy atom. The van der Waals surface area contributed by atoms with Gasteiger partial charge in [0, 0.05) is 17.5 Å². The lowest BCUT2D eigenvalue weighted by Crippen LogP contribution is -2.11. The molecule has 0 atom stereocenters. The molecule has 156 valence electrons. The van der Waals surface area contributed by atoms with Gasteiger partial charge in [0.05, 0.1) is 11.4 Å². The van der Waals surface area contributed by atoms with E-state index < -0.39 is 0 Å². The van der Waals surface area contributed by atoms with Gasteiger partial charge in [0.2, 0.25) is 0 Å². The molecule has 0 fully saturated rings. The average Bonchev–Trinajstić information content (AvgIpc) is 2.77. The van der Waals surface area contributed by atoms with Gasteiger partial charge in [-0.3, -0.25) is 9.98 Å². The molecule has 3 rings (SSSR count). The molecule has 0 N–H and O–H groups in total. The number of aromatic nitrogens is 1. The third-order valence-electron chi connectivity index (χ3n) is 5.21. The first-order valence-corrected chi connectivity index (χ1v) is 10.9. The monoisotopic (exact) mass is 400 g/mol. The van der Waals surface area contributed by atoms with Crippen molar-refractivity contribution >= 4 is 11.4 Å². The Balaban J connectivity index is 1.78. The molecule has 0 unspecified atom stereocenters. The first-order valence-electron chi connectivity index (χ1n) is 10.9. The van der Waals surface area contributed by atoms with E-state index in [9.17, 15) is 0 Å². The van der Waals surface area contributed by atoms with Crippen LogP contribution in [0.4, 0.5) is 5.69 Å². The SMILES string of the molecule is CCCC/C(COc1cccc(C)c1)=N\c1ccc(-c2ccc(CC)nc2)cc1C. The molecule has 1 aromatic heterocycles. The summed E-state index contributed by atoms with van der Waals surface area (Å²) >= 11 is 0. The minimum atomic E-state index is 0.521. The Hall–Kier alpha value is -2.94. The highest BCUT2D eigenvalue weighted by atomic mass is 16.5. The molecular weight excluding hydrogens is 368 g/mol. The predicted molar refractivity (Wildman–Crippen MR) is 127 cm³/mol. The molecule has 0 aliphatic rings. The van der Waals surface area contributed by atoms with Crippen LogP contribution in [-0.4, -0.2) is 17.3 Å². The molecule has 1 heterocycles. The molecule has 2 aromatic carbocycles. The van der Waals surface area contributed by atoms with Gasteiger partial charge in [0.25, 0.3) is 0 Å². The van der Waals surface area contributed by atoms with Crippen LogP contribution in [0.3, 0.4) is 0 Å². The van der Waals surface area contributed by atoms with Gasteiger partial charge in [-0.25, -0.2) is 0 Å². The van der Waals surface area contributed by atoms with Crippen molar-refractivity contribution in [2.45, 2.75) is 53.4 Å². The second kappa shape index (κ2) is 10.7. The molecule has 0 radical (unpaired) electrons. The van der Waals surface area contributed by atoms with E-state index in [1.165, 1.54) is 11.1 Å². The first-order chi connectivity index (χ1) is 14.6. The summed E-state index contributed by atoms with van der Waals surface area (Å²) in [5.41, 5.74) is 7.89. The Bertz CT molecular complexity index is 990. The van der Waals surface area contributed by atoms with Crippen LogP contribution in [0.1, 0.15) is 49.9 Å². The summed E-state index contributed by atoms with van der Waals surface area (Å²) in [6.07, 6.45) is 6.12. The van der Waals surface area contributed by atoms with Gasteiger partial charge >= 0.3 is 0 Å². The lowest BCUT2D eigenvalue weighted by molar-refractivity contribution is 0.373. The second-order valence-electron chi connectivity index (χ2n) is 7.78. The van der Waals surface area contributed by atoms with Gasteiger partial charge in [0.15, 0.2) is 0 Å². The van der Waals surface area contributed by atoms with Crippen LogP contribution < -0.4 is 4.74 Å². The summed E-state index contributed by atoms with van der Waals surface area (Å²) < 4.78 is 6.03. The predicted octanol–water partition coefficient (Wildman–Crippen LogP) is 7.27. The zero-order chi connectivity index (χ0) is 21.3. The highest BCUT2D eigenvalue weighted by molar-refractivity contribution is 5.89. The minimum Gasteiger partial charge on any atom is -0.488 e. The van der Waals surface area contributed by atoms with E-state index in [2.05, 4.69) is 75.1 Å². The van der Waals surface area contributed by atoms with Crippen molar-refractivity contribution in [3.63, 3.8) is 0 Å². The fraction of sp³-hybridized carbons (Fsp3) is 0.333. The van der Waals surface area contributed by atoms with Gasteiger partial charge in [-0.05, 0) is 80.1 Å². The van der Waals surface area contributed by atoms with Crippen molar-refractivity contribution in [1.29, 1.82) is 0 Å². The van der Waals surface area contributed by atoms with E-state index in [0.29, 0.717) is 6.61 Å². The van der Waals surface area contributed by atoms with Crippen molar-refractivity contribution in [3.05, 3.63) is 77.6 Å². The molecule has 0 amide bonds. The normalized spacial score (nSPS) is 11.5. The van der Waals surface area contributed by atoms with E-state index in [0.717, 1.165) is 59.7 Å². The van der Waals surface area contributed by atoms with Crippen LogP contribution in [0.2, 0.25) is 0 Å². The number of nitrogens with zero attached hydrogens (tertiary/aromatic N) is 2. The summed E-state index contributed by atoms with van der Waals surface area (Å²) in [4.78, 5) is 9.49. The first kappa shape index (κ1) is 21.8. The van der Waals surface area contributed by atoms with Gasteiger partial charge in [-0.2, -0.15) is 0 Å². The van der Waals surface area contributed by atoms with E-state index >= 15 is 0 Å². The van der Waals surface area contributed by atoms with Crippen molar-refractivity contribution < 1.29 is 4.74 Å². The summed E-state index contributed by atoms with van der Waals surface area (Å²) in [5.74, 6) is 0.897. The Morgan fingerprint density at radius 3 is 2.47 bits per heavy atom. The third-order valence-corrected chi connectivity index (χ3v) is 5.21. The Kier molecular flexibility index (Phi) is 7.78. The zero-order valence-corrected chi connectivity index (χ0v) is 18.6. The number of aryl methyl sites for hydroxylation is 3. The highest BCUT2D eigenvalue weighted by Crippen LogP contribution is 2.27. The van der Waals surface area contributed by atoms with Crippen LogP contribution in [0.15, 0.2) is 65.8 Å². The van der Waals surface area contributed by atoms with Gasteiger partial charge in [-0.15, -0.1) is 0 Å². The molecule has 3 aromatic rings. The third kappa shape index (κ3) is 6.03. The maximum absolute atomic E-state index is 6.03. The largest absolute Gasteiger partial charge is 0.488 e. The Labute approximate surface area is 180 Å². The minimum absolute atomic E-state index is 0.521. The number of aliphatic imine (C=N–C) groups is 1. The average molecular weight is 401 g/mol. The maximum Gasteiger partial charge on any atom is 0.126 e. The number of unbranched alkanes of at least 4 members (excludes halogenated alkanes) is 1. The molecule has 3 nitrogen and oxygen atoms in total. The van der Waals surface area contributed by atoms with Crippen molar-refractivity contribution in [2.24, 2.45) is 4.99 Å². The van der Waals surface area contributed by atoms with Crippen LogP contribution in [-0.2, 0) is 6.42 Å². The number of hydrogen-bond acceptors (Lipinski definition) is 3. The number of hydrogen-bond donors (Lipinski definition) is 0. The van der Waals surface area contributed by atoms with Crippen molar-refractivity contribution in [2.75, 3.05) is 6.61 Å². The van der Waals surface area contributed by atoms with Gasteiger partial charge < -0.3 is 4.74 Å².